The van der Waals surface area contributed by atoms with Gasteiger partial charge >= 0.3 is 5.97 Å². The molecule has 1 aromatic rings. The maximum absolute atomic E-state index is 11.5. The minimum atomic E-state index is -1.40. The molecule has 1 aromatic carbocycles. The average Bonchev–Trinajstić information content (AvgIpc) is 2.50. The highest BCUT2D eigenvalue weighted by Crippen LogP contribution is 2.37. The van der Waals surface area contributed by atoms with Crippen LogP contribution in [0.2, 0.25) is 0 Å². The molecule has 15 heavy (non-hydrogen) atoms. The molecule has 0 aromatic heterocycles. The fraction of sp³-hybridized carbons (Fsp3) is 0.417. The molecule has 0 unspecified atom stereocenters. The van der Waals surface area contributed by atoms with Gasteiger partial charge in [-0.1, -0.05) is 31.5 Å². The lowest BCUT2D eigenvalue weighted by Crippen LogP contribution is -2.25. The first-order chi connectivity index (χ1) is 7.17. The van der Waals surface area contributed by atoms with Crippen LogP contribution in [0.3, 0.4) is 0 Å². The van der Waals surface area contributed by atoms with Crippen LogP contribution in [0.1, 0.15) is 42.1 Å². The summed E-state index contributed by atoms with van der Waals surface area (Å²) in [5.41, 5.74) is 1.08. The molecule has 1 heterocycles. The molecule has 1 atom stereocenters. The molecule has 0 saturated heterocycles. The van der Waals surface area contributed by atoms with Crippen LogP contribution in [-0.2, 0) is 10.5 Å². The monoisotopic (exact) mass is 206 g/mol. The van der Waals surface area contributed by atoms with Crippen LogP contribution < -0.4 is 0 Å². The Morgan fingerprint density at radius 3 is 2.87 bits per heavy atom. The molecule has 3 heteroatoms. The molecule has 0 amide bonds. The Labute approximate surface area is 88.7 Å². The summed E-state index contributed by atoms with van der Waals surface area (Å²) in [7, 11) is 0. The van der Waals surface area contributed by atoms with E-state index >= 15 is 0 Å². The lowest BCUT2D eigenvalue weighted by molar-refractivity contribution is -0.168. The zero-order chi connectivity index (χ0) is 10.9. The van der Waals surface area contributed by atoms with E-state index in [1.165, 1.54) is 0 Å². The predicted octanol–water partition coefficient (Wildman–Crippen LogP) is 2.19. The number of carbonyl (C=O) groups is 1. The van der Waals surface area contributed by atoms with Crippen molar-refractivity contribution in [1.82, 2.24) is 0 Å². The number of hydrogen-bond acceptors (Lipinski definition) is 3. The Morgan fingerprint density at radius 2 is 2.13 bits per heavy atom. The van der Waals surface area contributed by atoms with E-state index in [1.807, 2.05) is 6.92 Å². The summed E-state index contributed by atoms with van der Waals surface area (Å²) < 4.78 is 5.04. The Bertz CT molecular complexity index is 386. The Balaban J connectivity index is 2.34. The van der Waals surface area contributed by atoms with Crippen LogP contribution in [0, 0.1) is 0 Å². The molecule has 0 aliphatic carbocycles. The van der Waals surface area contributed by atoms with Gasteiger partial charge in [-0.05, 0) is 12.5 Å². The Hall–Kier alpha value is -1.35. The van der Waals surface area contributed by atoms with Crippen molar-refractivity contribution in [3.63, 3.8) is 0 Å². The summed E-state index contributed by atoms with van der Waals surface area (Å²) in [5.74, 6) is -1.83. The normalized spacial score (nSPS) is 23.7. The minimum absolute atomic E-state index is 0.427. The first-order valence-electron chi connectivity index (χ1n) is 5.22. The van der Waals surface area contributed by atoms with Gasteiger partial charge in [0.2, 0.25) is 5.79 Å². The van der Waals surface area contributed by atoms with Crippen LogP contribution in [0.15, 0.2) is 24.3 Å². The molecule has 0 spiro atoms. The highest BCUT2D eigenvalue weighted by molar-refractivity contribution is 5.94. The average molecular weight is 206 g/mol. The van der Waals surface area contributed by atoms with E-state index in [4.69, 9.17) is 4.74 Å². The fourth-order valence-corrected chi connectivity index (χ4v) is 1.87. The summed E-state index contributed by atoms with van der Waals surface area (Å²) >= 11 is 0. The number of cyclic esters (lactones) is 1. The highest BCUT2D eigenvalue weighted by Gasteiger charge is 2.42. The Morgan fingerprint density at radius 1 is 1.40 bits per heavy atom. The van der Waals surface area contributed by atoms with E-state index in [9.17, 15) is 9.90 Å². The van der Waals surface area contributed by atoms with E-state index in [-0.39, 0.29) is 0 Å². The van der Waals surface area contributed by atoms with E-state index in [0.717, 1.165) is 12.8 Å². The summed E-state index contributed by atoms with van der Waals surface area (Å²) in [6, 6.07) is 7.00. The number of ether oxygens (including phenoxy) is 1. The molecule has 0 fully saturated rings. The third kappa shape index (κ3) is 1.63. The lowest BCUT2D eigenvalue weighted by Gasteiger charge is -2.21. The summed E-state index contributed by atoms with van der Waals surface area (Å²) in [6.07, 6.45) is 2.26. The van der Waals surface area contributed by atoms with Crippen molar-refractivity contribution in [1.29, 1.82) is 0 Å². The smallest absolute Gasteiger partial charge is 0.341 e. The van der Waals surface area contributed by atoms with Crippen molar-refractivity contribution in [2.45, 2.75) is 32.0 Å². The number of benzene rings is 1. The molecule has 0 saturated carbocycles. The second-order valence-electron chi connectivity index (χ2n) is 3.82. The van der Waals surface area contributed by atoms with Gasteiger partial charge in [-0.2, -0.15) is 0 Å². The third-order valence-electron chi connectivity index (χ3n) is 2.70. The second kappa shape index (κ2) is 3.66. The Kier molecular flexibility index (Phi) is 2.49. The third-order valence-corrected chi connectivity index (χ3v) is 2.70. The van der Waals surface area contributed by atoms with Crippen molar-refractivity contribution >= 4 is 5.97 Å². The number of carbonyl (C=O) groups excluding carboxylic acids is 1. The molecular formula is C12H14O3. The highest BCUT2D eigenvalue weighted by atomic mass is 16.7. The molecule has 3 nitrogen and oxygen atoms in total. The maximum Gasteiger partial charge on any atom is 0.341 e. The van der Waals surface area contributed by atoms with Gasteiger partial charge in [0.25, 0.3) is 0 Å². The lowest BCUT2D eigenvalue weighted by atomic mass is 9.98. The first kappa shape index (κ1) is 10.2. The van der Waals surface area contributed by atoms with Crippen molar-refractivity contribution in [2.75, 3.05) is 0 Å². The van der Waals surface area contributed by atoms with Crippen LogP contribution in [0.25, 0.3) is 0 Å². The van der Waals surface area contributed by atoms with Crippen molar-refractivity contribution in [3.05, 3.63) is 35.4 Å². The molecule has 1 aliphatic heterocycles. The van der Waals surface area contributed by atoms with E-state index in [2.05, 4.69) is 0 Å². The van der Waals surface area contributed by atoms with Gasteiger partial charge < -0.3 is 9.84 Å². The molecular weight excluding hydrogens is 192 g/mol. The molecule has 1 N–H and O–H groups in total. The number of unbranched alkanes of at least 4 members (excludes halogenated alkanes) is 1. The van der Waals surface area contributed by atoms with E-state index in [1.54, 1.807) is 24.3 Å². The zero-order valence-corrected chi connectivity index (χ0v) is 8.69. The van der Waals surface area contributed by atoms with Gasteiger partial charge in [-0.15, -0.1) is 0 Å². The van der Waals surface area contributed by atoms with Gasteiger partial charge in [-0.3, -0.25) is 0 Å². The van der Waals surface area contributed by atoms with Gasteiger partial charge in [0, 0.05) is 12.0 Å². The van der Waals surface area contributed by atoms with Crippen molar-refractivity contribution in [2.24, 2.45) is 0 Å². The van der Waals surface area contributed by atoms with Gasteiger partial charge in [0.1, 0.15) is 0 Å². The topological polar surface area (TPSA) is 46.5 Å². The quantitative estimate of drug-likeness (QED) is 0.771. The van der Waals surface area contributed by atoms with E-state index in [0.29, 0.717) is 17.5 Å². The minimum Gasteiger partial charge on any atom is -0.425 e. The SMILES string of the molecule is CCCC[C@]1(O)OC(=O)c2ccccc21. The summed E-state index contributed by atoms with van der Waals surface area (Å²) in [5, 5.41) is 10.2. The molecule has 80 valence electrons. The van der Waals surface area contributed by atoms with Crippen LogP contribution in [0.5, 0.6) is 0 Å². The summed E-state index contributed by atoms with van der Waals surface area (Å²) in [4.78, 5) is 11.5. The maximum atomic E-state index is 11.5. The van der Waals surface area contributed by atoms with Crippen LogP contribution in [0.4, 0.5) is 0 Å². The molecule has 1 aliphatic rings. The van der Waals surface area contributed by atoms with Gasteiger partial charge in [0.15, 0.2) is 0 Å². The number of fused-ring (bicyclic) bond motifs is 1. The summed E-state index contributed by atoms with van der Waals surface area (Å²) in [6.45, 7) is 2.03. The van der Waals surface area contributed by atoms with Crippen molar-refractivity contribution in [3.8, 4) is 0 Å². The number of hydrogen-bond donors (Lipinski definition) is 1. The standard InChI is InChI=1S/C12H14O3/c1-2-3-8-12(14)10-7-5-4-6-9(10)11(13)15-12/h4-7,14H,2-3,8H2,1H3/t12-/m0/s1. The number of aliphatic hydroxyl groups is 1. The fourth-order valence-electron chi connectivity index (χ4n) is 1.87. The van der Waals surface area contributed by atoms with Crippen molar-refractivity contribution < 1.29 is 14.6 Å². The first-order valence-corrected chi connectivity index (χ1v) is 5.22. The number of esters is 1. The van der Waals surface area contributed by atoms with Crippen LogP contribution >= 0.6 is 0 Å². The molecule has 0 radical (unpaired) electrons. The number of rotatable bonds is 3. The largest absolute Gasteiger partial charge is 0.425 e. The van der Waals surface area contributed by atoms with Gasteiger partial charge in [-0.25, -0.2) is 4.79 Å². The predicted molar refractivity (Wildman–Crippen MR) is 55.3 cm³/mol. The second-order valence-corrected chi connectivity index (χ2v) is 3.82. The zero-order valence-electron chi connectivity index (χ0n) is 8.69. The van der Waals surface area contributed by atoms with Crippen LogP contribution in [-0.4, -0.2) is 11.1 Å². The molecule has 0 bridgehead atoms. The van der Waals surface area contributed by atoms with Gasteiger partial charge in [0.05, 0.1) is 5.56 Å². The molecule has 2 rings (SSSR count). The van der Waals surface area contributed by atoms with E-state index < -0.39 is 11.8 Å².